The van der Waals surface area contributed by atoms with Gasteiger partial charge in [-0.2, -0.15) is 0 Å². The maximum absolute atomic E-state index is 12.7. The number of nitrogens with one attached hydrogen (secondary N) is 1. The number of pyridine rings is 1. The van der Waals surface area contributed by atoms with Gasteiger partial charge in [0.1, 0.15) is 11.5 Å². The van der Waals surface area contributed by atoms with Gasteiger partial charge in [-0.15, -0.1) is 0 Å². The van der Waals surface area contributed by atoms with Crippen molar-refractivity contribution in [2.75, 3.05) is 13.1 Å². The van der Waals surface area contributed by atoms with Gasteiger partial charge in [0, 0.05) is 43.9 Å². The van der Waals surface area contributed by atoms with E-state index in [2.05, 4.69) is 15.0 Å². The third-order valence-electron chi connectivity index (χ3n) is 5.08. The van der Waals surface area contributed by atoms with Gasteiger partial charge in [0.15, 0.2) is 0 Å². The highest BCUT2D eigenvalue weighted by Gasteiger charge is 2.26. The molecule has 1 N–H and O–H groups in total. The highest BCUT2D eigenvalue weighted by molar-refractivity contribution is 5.76. The van der Waals surface area contributed by atoms with Crippen LogP contribution in [0.2, 0.25) is 0 Å². The SMILES string of the molecule is Cc1nc([C@H]2CCCN(C(=O)CCc3cn4ccccc4n3)C2)cc(=O)[nH]1. The van der Waals surface area contributed by atoms with Crippen molar-refractivity contribution in [3.8, 4) is 0 Å². The Hall–Kier alpha value is -2.96. The van der Waals surface area contributed by atoms with E-state index in [-0.39, 0.29) is 17.4 Å². The lowest BCUT2D eigenvalue weighted by Crippen LogP contribution is -2.39. The van der Waals surface area contributed by atoms with Crippen molar-refractivity contribution in [3.05, 3.63) is 64.2 Å². The van der Waals surface area contributed by atoms with Gasteiger partial charge in [-0.25, -0.2) is 9.97 Å². The number of carbonyl (C=O) groups is 1. The molecule has 7 nitrogen and oxygen atoms in total. The zero-order chi connectivity index (χ0) is 18.8. The summed E-state index contributed by atoms with van der Waals surface area (Å²) in [5.74, 6) is 0.880. The standard InChI is InChI=1S/C20H23N5O2/c1-14-21-17(11-19(26)22-14)15-5-4-10-25(12-15)20(27)8-7-16-13-24-9-3-2-6-18(24)23-16/h2-3,6,9,11,13,15H,4-5,7-8,10,12H2,1H3,(H,21,22,26)/t15-/m0/s1. The summed E-state index contributed by atoms with van der Waals surface area (Å²) in [6.07, 6.45) is 6.89. The number of aryl methyl sites for hydroxylation is 2. The molecule has 0 aromatic carbocycles. The third-order valence-corrected chi connectivity index (χ3v) is 5.08. The molecule has 1 aliphatic heterocycles. The molecule has 0 radical (unpaired) electrons. The van der Waals surface area contributed by atoms with Crippen molar-refractivity contribution in [1.82, 2.24) is 24.3 Å². The van der Waals surface area contributed by atoms with Crippen molar-refractivity contribution in [2.45, 2.75) is 38.5 Å². The van der Waals surface area contributed by atoms with E-state index in [1.54, 1.807) is 13.0 Å². The molecule has 3 aromatic rings. The summed E-state index contributed by atoms with van der Waals surface area (Å²) in [5.41, 5.74) is 2.48. The molecule has 3 aromatic heterocycles. The minimum absolute atomic E-state index is 0.124. The molecule has 1 atom stereocenters. The maximum atomic E-state index is 12.7. The number of piperidine rings is 1. The summed E-state index contributed by atoms with van der Waals surface area (Å²) in [6.45, 7) is 3.17. The normalized spacial score (nSPS) is 17.4. The van der Waals surface area contributed by atoms with E-state index in [0.717, 1.165) is 36.4 Å². The van der Waals surface area contributed by atoms with Crippen molar-refractivity contribution in [2.24, 2.45) is 0 Å². The van der Waals surface area contributed by atoms with Crippen molar-refractivity contribution < 1.29 is 4.79 Å². The molecule has 27 heavy (non-hydrogen) atoms. The molecule has 4 heterocycles. The number of likely N-dealkylation sites (tertiary alicyclic amines) is 1. The number of carbonyl (C=O) groups excluding carboxylic acids is 1. The molecule has 1 amide bonds. The van der Waals surface area contributed by atoms with Crippen molar-refractivity contribution in [1.29, 1.82) is 0 Å². The highest BCUT2D eigenvalue weighted by Crippen LogP contribution is 2.25. The van der Waals surface area contributed by atoms with Gasteiger partial charge in [-0.3, -0.25) is 9.59 Å². The van der Waals surface area contributed by atoms with Gasteiger partial charge < -0.3 is 14.3 Å². The maximum Gasteiger partial charge on any atom is 0.251 e. The van der Waals surface area contributed by atoms with E-state index >= 15 is 0 Å². The number of hydrogen-bond donors (Lipinski definition) is 1. The Morgan fingerprint density at radius 1 is 1.33 bits per heavy atom. The van der Waals surface area contributed by atoms with Crippen LogP contribution in [0.15, 0.2) is 41.5 Å². The molecule has 1 fully saturated rings. The first-order valence-corrected chi connectivity index (χ1v) is 9.37. The van der Waals surface area contributed by atoms with Crippen LogP contribution in [0.25, 0.3) is 5.65 Å². The number of aromatic amines is 1. The van der Waals surface area contributed by atoms with Crippen LogP contribution < -0.4 is 5.56 Å². The van der Waals surface area contributed by atoms with Crippen LogP contribution in [0.4, 0.5) is 0 Å². The molecule has 0 spiro atoms. The Kier molecular flexibility index (Phi) is 4.75. The van der Waals surface area contributed by atoms with Gasteiger partial charge >= 0.3 is 0 Å². The molecule has 0 unspecified atom stereocenters. The minimum Gasteiger partial charge on any atom is -0.342 e. The predicted molar refractivity (Wildman–Crippen MR) is 102 cm³/mol. The zero-order valence-electron chi connectivity index (χ0n) is 15.4. The third kappa shape index (κ3) is 3.92. The number of H-pyrrole nitrogens is 1. The number of nitrogens with zero attached hydrogens (tertiary/aromatic N) is 4. The van der Waals surface area contributed by atoms with Crippen LogP contribution in [0.3, 0.4) is 0 Å². The summed E-state index contributed by atoms with van der Waals surface area (Å²) >= 11 is 0. The van der Waals surface area contributed by atoms with Crippen LogP contribution in [0.5, 0.6) is 0 Å². The Labute approximate surface area is 157 Å². The molecule has 0 aliphatic carbocycles. The number of fused-ring (bicyclic) bond motifs is 1. The van der Waals surface area contributed by atoms with Gasteiger partial charge in [-0.1, -0.05) is 6.07 Å². The van der Waals surface area contributed by atoms with Crippen molar-refractivity contribution >= 4 is 11.6 Å². The molecular weight excluding hydrogens is 342 g/mol. The molecule has 1 saturated heterocycles. The van der Waals surface area contributed by atoms with E-state index in [4.69, 9.17) is 0 Å². The summed E-state index contributed by atoms with van der Waals surface area (Å²) < 4.78 is 1.97. The van der Waals surface area contributed by atoms with Crippen LogP contribution in [-0.2, 0) is 11.2 Å². The molecular formula is C20H23N5O2. The second-order valence-corrected chi connectivity index (χ2v) is 7.13. The van der Waals surface area contributed by atoms with Crippen LogP contribution in [-0.4, -0.2) is 43.2 Å². The van der Waals surface area contributed by atoms with Crippen LogP contribution in [0, 0.1) is 6.92 Å². The van der Waals surface area contributed by atoms with E-state index < -0.39 is 0 Å². The fourth-order valence-electron chi connectivity index (χ4n) is 3.76. The average Bonchev–Trinajstić information content (AvgIpc) is 3.08. The topological polar surface area (TPSA) is 83.4 Å². The first kappa shape index (κ1) is 17.5. The number of aromatic nitrogens is 4. The second-order valence-electron chi connectivity index (χ2n) is 7.13. The lowest BCUT2D eigenvalue weighted by molar-refractivity contribution is -0.132. The molecule has 0 bridgehead atoms. The van der Waals surface area contributed by atoms with E-state index in [1.165, 1.54) is 0 Å². The monoisotopic (exact) mass is 365 g/mol. The quantitative estimate of drug-likeness (QED) is 0.767. The van der Waals surface area contributed by atoms with E-state index in [1.807, 2.05) is 39.9 Å². The Bertz CT molecular complexity index is 989. The smallest absolute Gasteiger partial charge is 0.251 e. The van der Waals surface area contributed by atoms with Gasteiger partial charge in [0.2, 0.25) is 5.91 Å². The number of amides is 1. The lowest BCUT2D eigenvalue weighted by atomic mass is 9.94. The first-order valence-electron chi connectivity index (χ1n) is 9.37. The molecule has 0 saturated carbocycles. The number of rotatable bonds is 4. The molecule has 7 heteroatoms. The van der Waals surface area contributed by atoms with Gasteiger partial charge in [-0.05, 0) is 38.3 Å². The fraction of sp³-hybridized carbons (Fsp3) is 0.400. The summed E-state index contributed by atoms with van der Waals surface area (Å²) in [4.78, 5) is 38.0. The molecule has 4 rings (SSSR count). The second kappa shape index (κ2) is 7.34. The largest absolute Gasteiger partial charge is 0.342 e. The summed E-state index contributed by atoms with van der Waals surface area (Å²) in [7, 11) is 0. The summed E-state index contributed by atoms with van der Waals surface area (Å²) in [6, 6.07) is 7.43. The minimum atomic E-state index is -0.132. The number of imidazole rings is 1. The Balaban J connectivity index is 1.40. The average molecular weight is 365 g/mol. The van der Waals surface area contributed by atoms with Gasteiger partial charge in [0.25, 0.3) is 5.56 Å². The van der Waals surface area contributed by atoms with E-state index in [9.17, 15) is 9.59 Å². The van der Waals surface area contributed by atoms with Crippen molar-refractivity contribution in [3.63, 3.8) is 0 Å². The lowest BCUT2D eigenvalue weighted by Gasteiger charge is -2.32. The summed E-state index contributed by atoms with van der Waals surface area (Å²) in [5, 5.41) is 0. The van der Waals surface area contributed by atoms with E-state index in [0.29, 0.717) is 25.2 Å². The Morgan fingerprint density at radius 2 is 2.22 bits per heavy atom. The number of hydrogen-bond acceptors (Lipinski definition) is 4. The Morgan fingerprint density at radius 3 is 3.04 bits per heavy atom. The highest BCUT2D eigenvalue weighted by atomic mass is 16.2. The predicted octanol–water partition coefficient (Wildman–Crippen LogP) is 2.06. The first-order chi connectivity index (χ1) is 13.1. The van der Waals surface area contributed by atoms with Crippen LogP contribution in [0.1, 0.15) is 42.4 Å². The van der Waals surface area contributed by atoms with Crippen LogP contribution >= 0.6 is 0 Å². The fourth-order valence-corrected chi connectivity index (χ4v) is 3.76. The molecule has 1 aliphatic rings. The molecule has 140 valence electrons. The zero-order valence-corrected chi connectivity index (χ0v) is 15.4. The van der Waals surface area contributed by atoms with Gasteiger partial charge in [0.05, 0.1) is 11.4 Å².